The van der Waals surface area contributed by atoms with Gasteiger partial charge in [0.2, 0.25) is 11.8 Å². The summed E-state index contributed by atoms with van der Waals surface area (Å²) in [4.78, 5) is 25.2. The van der Waals surface area contributed by atoms with Gasteiger partial charge in [0.15, 0.2) is 0 Å². The molecule has 150 valence electrons. The van der Waals surface area contributed by atoms with E-state index in [9.17, 15) is 22.8 Å². The summed E-state index contributed by atoms with van der Waals surface area (Å²) in [5, 5.41) is 8.11. The van der Waals surface area contributed by atoms with Crippen molar-refractivity contribution in [3.05, 3.63) is 0 Å². The molecule has 0 spiro atoms. The molecule has 2 rings (SSSR count). The zero-order chi connectivity index (χ0) is 19.0. The Balaban J connectivity index is 1.69. The van der Waals surface area contributed by atoms with Crippen LogP contribution in [0.1, 0.15) is 38.5 Å². The Hall–Kier alpha value is -1.35. The molecule has 2 aliphatic rings. The summed E-state index contributed by atoms with van der Waals surface area (Å²) >= 11 is 0. The van der Waals surface area contributed by atoms with Gasteiger partial charge in [0.1, 0.15) is 6.04 Å². The van der Waals surface area contributed by atoms with Gasteiger partial charge in [0, 0.05) is 51.6 Å². The van der Waals surface area contributed by atoms with Crippen molar-refractivity contribution in [1.82, 2.24) is 20.9 Å². The Morgan fingerprint density at radius 3 is 2.35 bits per heavy atom. The van der Waals surface area contributed by atoms with Crippen LogP contribution in [-0.4, -0.2) is 68.2 Å². The molecule has 0 radical (unpaired) electrons. The van der Waals surface area contributed by atoms with Gasteiger partial charge < -0.3 is 16.0 Å². The first-order valence-electron chi connectivity index (χ1n) is 9.44. The second-order valence-electron chi connectivity index (χ2n) is 7.02. The summed E-state index contributed by atoms with van der Waals surface area (Å²) in [7, 11) is 0. The van der Waals surface area contributed by atoms with E-state index in [1.165, 1.54) is 4.90 Å². The van der Waals surface area contributed by atoms with Gasteiger partial charge in [-0.25, -0.2) is 0 Å². The Kier molecular flexibility index (Phi) is 8.15. The van der Waals surface area contributed by atoms with Crippen molar-refractivity contribution >= 4 is 11.8 Å². The van der Waals surface area contributed by atoms with Gasteiger partial charge in [0.25, 0.3) is 0 Å². The normalized spacial score (nSPS) is 21.2. The molecule has 6 nitrogen and oxygen atoms in total. The van der Waals surface area contributed by atoms with Crippen LogP contribution in [0.2, 0.25) is 0 Å². The first-order valence-corrected chi connectivity index (χ1v) is 9.44. The summed E-state index contributed by atoms with van der Waals surface area (Å²) < 4.78 is 39.7. The lowest BCUT2D eigenvalue weighted by molar-refractivity contribution is -0.184. The van der Waals surface area contributed by atoms with Gasteiger partial charge in [-0.15, -0.1) is 0 Å². The van der Waals surface area contributed by atoms with E-state index in [4.69, 9.17) is 0 Å². The molecule has 1 saturated heterocycles. The molecule has 3 N–H and O–H groups in total. The molecule has 0 aromatic rings. The highest BCUT2D eigenvalue weighted by Gasteiger charge is 2.43. The fourth-order valence-corrected chi connectivity index (χ4v) is 3.55. The number of hydrogen-bond donors (Lipinski definition) is 3. The second kappa shape index (κ2) is 10.1. The topological polar surface area (TPSA) is 73.5 Å². The molecule has 0 bridgehead atoms. The van der Waals surface area contributed by atoms with Crippen molar-refractivity contribution in [2.75, 3.05) is 39.3 Å². The van der Waals surface area contributed by atoms with E-state index in [0.717, 1.165) is 32.1 Å². The predicted octanol–water partition coefficient (Wildman–Crippen LogP) is 1.03. The number of amides is 2. The molecule has 9 heteroatoms. The molecule has 1 aliphatic heterocycles. The molecule has 1 saturated carbocycles. The summed E-state index contributed by atoms with van der Waals surface area (Å²) in [5.74, 6) is -0.515. The molecule has 1 heterocycles. The third-order valence-electron chi connectivity index (χ3n) is 5.09. The molecule has 1 unspecified atom stereocenters. The van der Waals surface area contributed by atoms with Crippen LogP contribution in [-0.2, 0) is 9.59 Å². The zero-order valence-electron chi connectivity index (χ0n) is 15.0. The zero-order valence-corrected chi connectivity index (χ0v) is 15.0. The number of rotatable bonds is 7. The van der Waals surface area contributed by atoms with Gasteiger partial charge in [-0.05, 0) is 12.8 Å². The number of nitrogens with one attached hydrogen (secondary N) is 3. The highest BCUT2D eigenvalue weighted by molar-refractivity contribution is 5.80. The average molecular weight is 378 g/mol. The van der Waals surface area contributed by atoms with E-state index in [2.05, 4.69) is 16.0 Å². The van der Waals surface area contributed by atoms with Crippen molar-refractivity contribution in [3.63, 3.8) is 0 Å². The van der Waals surface area contributed by atoms with Crippen LogP contribution in [0.25, 0.3) is 0 Å². The lowest BCUT2D eigenvalue weighted by atomic mass is 9.89. The third-order valence-corrected chi connectivity index (χ3v) is 5.09. The monoisotopic (exact) mass is 378 g/mol. The van der Waals surface area contributed by atoms with E-state index < -0.39 is 24.7 Å². The summed E-state index contributed by atoms with van der Waals surface area (Å²) in [6.45, 7) is 1.32. The molecule has 1 atom stereocenters. The number of carbonyl (C=O) groups excluding carboxylic acids is 2. The molecule has 0 aromatic heterocycles. The van der Waals surface area contributed by atoms with Crippen molar-refractivity contribution in [3.8, 4) is 0 Å². The van der Waals surface area contributed by atoms with Gasteiger partial charge in [-0.2, -0.15) is 13.2 Å². The molecular weight excluding hydrogens is 349 g/mol. The third kappa shape index (κ3) is 6.75. The number of hydrogen-bond acceptors (Lipinski definition) is 4. The standard InChI is InChI=1S/C17H29F3N4O2/c18-17(19,20)14(24-10-8-21-9-11-24)12-23-15(25)6-7-22-16(26)13-4-2-1-3-5-13/h13-14,21H,1-12H2,(H,22,26)(H,23,25). The van der Waals surface area contributed by atoms with Gasteiger partial charge in [-0.3, -0.25) is 14.5 Å². The summed E-state index contributed by atoms with van der Waals surface area (Å²) in [6, 6.07) is -1.68. The van der Waals surface area contributed by atoms with Crippen molar-refractivity contribution in [2.24, 2.45) is 5.92 Å². The summed E-state index contributed by atoms with van der Waals surface area (Å²) in [6.07, 6.45) is 0.586. The van der Waals surface area contributed by atoms with Gasteiger partial charge >= 0.3 is 6.18 Å². The second-order valence-corrected chi connectivity index (χ2v) is 7.02. The Morgan fingerprint density at radius 1 is 1.08 bits per heavy atom. The minimum Gasteiger partial charge on any atom is -0.355 e. The maximum Gasteiger partial charge on any atom is 0.405 e. The van der Waals surface area contributed by atoms with Crippen LogP contribution >= 0.6 is 0 Å². The van der Waals surface area contributed by atoms with Crippen LogP contribution in [0, 0.1) is 5.92 Å². The van der Waals surface area contributed by atoms with Crippen LogP contribution in [0.4, 0.5) is 13.2 Å². The van der Waals surface area contributed by atoms with Crippen LogP contribution in [0.3, 0.4) is 0 Å². The Morgan fingerprint density at radius 2 is 1.73 bits per heavy atom. The number of halogens is 3. The minimum absolute atomic E-state index is 0.00846. The van der Waals surface area contributed by atoms with E-state index in [0.29, 0.717) is 26.2 Å². The number of alkyl halides is 3. The fourth-order valence-electron chi connectivity index (χ4n) is 3.55. The molecule has 2 amide bonds. The lowest BCUT2D eigenvalue weighted by Crippen LogP contribution is -2.57. The highest BCUT2D eigenvalue weighted by atomic mass is 19.4. The highest BCUT2D eigenvalue weighted by Crippen LogP contribution is 2.25. The molecule has 0 aromatic carbocycles. The molecule has 1 aliphatic carbocycles. The van der Waals surface area contributed by atoms with Crippen LogP contribution in [0.15, 0.2) is 0 Å². The van der Waals surface area contributed by atoms with E-state index in [-0.39, 0.29) is 24.8 Å². The number of piperazine rings is 1. The molecule has 2 fully saturated rings. The lowest BCUT2D eigenvalue weighted by Gasteiger charge is -2.35. The first-order chi connectivity index (χ1) is 12.4. The molecular formula is C17H29F3N4O2. The van der Waals surface area contributed by atoms with Gasteiger partial charge in [0.05, 0.1) is 0 Å². The number of carbonyl (C=O) groups is 2. The van der Waals surface area contributed by atoms with E-state index >= 15 is 0 Å². The minimum atomic E-state index is -4.39. The maximum atomic E-state index is 13.2. The smallest absolute Gasteiger partial charge is 0.355 e. The fraction of sp³-hybridized carbons (Fsp3) is 0.882. The van der Waals surface area contributed by atoms with Gasteiger partial charge in [-0.1, -0.05) is 19.3 Å². The summed E-state index contributed by atoms with van der Waals surface area (Å²) in [5.41, 5.74) is 0. The van der Waals surface area contributed by atoms with Crippen molar-refractivity contribution in [2.45, 2.75) is 50.7 Å². The predicted molar refractivity (Wildman–Crippen MR) is 91.5 cm³/mol. The van der Waals surface area contributed by atoms with Crippen molar-refractivity contribution < 1.29 is 22.8 Å². The Labute approximate surface area is 152 Å². The van der Waals surface area contributed by atoms with Crippen molar-refractivity contribution in [1.29, 1.82) is 0 Å². The number of nitrogens with zero attached hydrogens (tertiary/aromatic N) is 1. The SMILES string of the molecule is O=C(CCNC(=O)C1CCCCC1)NCC(N1CCNCC1)C(F)(F)F. The van der Waals surface area contributed by atoms with E-state index in [1.54, 1.807) is 0 Å². The average Bonchev–Trinajstić information content (AvgIpc) is 2.62. The first kappa shape index (κ1) is 21.0. The van der Waals surface area contributed by atoms with Crippen LogP contribution < -0.4 is 16.0 Å². The van der Waals surface area contributed by atoms with Crippen LogP contribution in [0.5, 0.6) is 0 Å². The van der Waals surface area contributed by atoms with E-state index in [1.807, 2.05) is 0 Å². The quantitative estimate of drug-likeness (QED) is 0.619. The maximum absolute atomic E-state index is 13.2. The Bertz CT molecular complexity index is 461. The molecule has 26 heavy (non-hydrogen) atoms. The largest absolute Gasteiger partial charge is 0.405 e.